The van der Waals surface area contributed by atoms with Crippen LogP contribution in [0.2, 0.25) is 0 Å². The summed E-state index contributed by atoms with van der Waals surface area (Å²) in [5, 5.41) is 0. The molecule has 1 aliphatic rings. The van der Waals surface area contributed by atoms with Crippen molar-refractivity contribution in [2.75, 3.05) is 25.4 Å². The SMILES string of the molecule is Cl.NCC1CCCN1CCS(=O)(=O)c1ccc(Br)cc1. The molecule has 2 N–H and O–H groups in total. The van der Waals surface area contributed by atoms with Gasteiger partial charge in [0.2, 0.25) is 0 Å². The minimum Gasteiger partial charge on any atom is -0.329 e. The van der Waals surface area contributed by atoms with Crippen molar-refractivity contribution in [3.05, 3.63) is 28.7 Å². The van der Waals surface area contributed by atoms with E-state index in [9.17, 15) is 8.42 Å². The van der Waals surface area contributed by atoms with E-state index in [1.54, 1.807) is 24.3 Å². The molecule has 1 fully saturated rings. The molecule has 1 saturated heterocycles. The zero-order valence-corrected chi connectivity index (χ0v) is 14.4. The van der Waals surface area contributed by atoms with Crippen LogP contribution in [-0.2, 0) is 9.84 Å². The molecule has 1 unspecified atom stereocenters. The number of hydrogen-bond donors (Lipinski definition) is 1. The molecule has 0 aromatic heterocycles. The van der Waals surface area contributed by atoms with Crippen molar-refractivity contribution < 1.29 is 8.42 Å². The number of halogens is 2. The van der Waals surface area contributed by atoms with Gasteiger partial charge in [-0.2, -0.15) is 0 Å². The predicted octanol–water partition coefficient (Wildman–Crippen LogP) is 2.07. The Morgan fingerprint density at radius 1 is 1.30 bits per heavy atom. The lowest BCUT2D eigenvalue weighted by atomic mass is 10.2. The van der Waals surface area contributed by atoms with Crippen LogP contribution in [-0.4, -0.2) is 44.7 Å². The average molecular weight is 384 g/mol. The van der Waals surface area contributed by atoms with Crippen molar-refractivity contribution in [1.82, 2.24) is 4.90 Å². The second kappa shape index (κ2) is 7.75. The Hall–Kier alpha value is -0.140. The zero-order valence-electron chi connectivity index (χ0n) is 11.2. The van der Waals surface area contributed by atoms with Crippen LogP contribution in [0.15, 0.2) is 33.6 Å². The third-order valence-electron chi connectivity index (χ3n) is 3.59. The monoisotopic (exact) mass is 382 g/mol. The van der Waals surface area contributed by atoms with Gasteiger partial charge in [-0.25, -0.2) is 8.42 Å². The number of rotatable bonds is 5. The minimum atomic E-state index is -3.20. The summed E-state index contributed by atoms with van der Waals surface area (Å²) in [6.45, 7) is 2.14. The second-order valence-corrected chi connectivity index (χ2v) is 7.87. The van der Waals surface area contributed by atoms with E-state index < -0.39 is 9.84 Å². The lowest BCUT2D eigenvalue weighted by molar-refractivity contribution is 0.273. The van der Waals surface area contributed by atoms with Crippen molar-refractivity contribution >= 4 is 38.2 Å². The van der Waals surface area contributed by atoms with Crippen LogP contribution in [0.1, 0.15) is 12.8 Å². The minimum absolute atomic E-state index is 0. The number of nitrogens with zero attached hydrogens (tertiary/aromatic N) is 1. The largest absolute Gasteiger partial charge is 0.329 e. The first-order chi connectivity index (χ1) is 9.03. The van der Waals surface area contributed by atoms with E-state index in [0.29, 0.717) is 24.0 Å². The summed E-state index contributed by atoms with van der Waals surface area (Å²) in [7, 11) is -3.20. The summed E-state index contributed by atoms with van der Waals surface area (Å²) in [6, 6.07) is 7.14. The summed E-state index contributed by atoms with van der Waals surface area (Å²) in [4.78, 5) is 2.58. The molecular formula is C13H20BrClN2O2S. The molecular weight excluding hydrogens is 364 g/mol. The van der Waals surface area contributed by atoms with Gasteiger partial charge in [0.15, 0.2) is 9.84 Å². The molecule has 7 heteroatoms. The van der Waals surface area contributed by atoms with Crippen molar-refractivity contribution in [1.29, 1.82) is 0 Å². The van der Waals surface area contributed by atoms with Crippen LogP contribution < -0.4 is 5.73 Å². The lowest BCUT2D eigenvalue weighted by Gasteiger charge is -2.22. The van der Waals surface area contributed by atoms with Gasteiger partial charge < -0.3 is 5.73 Å². The lowest BCUT2D eigenvalue weighted by Crippen LogP contribution is -2.38. The fourth-order valence-corrected chi connectivity index (χ4v) is 3.98. The highest BCUT2D eigenvalue weighted by molar-refractivity contribution is 9.10. The van der Waals surface area contributed by atoms with E-state index in [4.69, 9.17) is 5.73 Å². The molecule has 1 atom stereocenters. The fourth-order valence-electron chi connectivity index (χ4n) is 2.45. The molecule has 114 valence electrons. The molecule has 20 heavy (non-hydrogen) atoms. The van der Waals surface area contributed by atoms with Gasteiger partial charge in [0.25, 0.3) is 0 Å². The molecule has 2 rings (SSSR count). The number of likely N-dealkylation sites (tertiary alicyclic amines) is 1. The van der Waals surface area contributed by atoms with Gasteiger partial charge in [-0.1, -0.05) is 15.9 Å². The molecule has 0 bridgehead atoms. The van der Waals surface area contributed by atoms with E-state index in [2.05, 4.69) is 20.8 Å². The van der Waals surface area contributed by atoms with E-state index in [1.807, 2.05) is 0 Å². The topological polar surface area (TPSA) is 63.4 Å². The Morgan fingerprint density at radius 2 is 1.95 bits per heavy atom. The maximum absolute atomic E-state index is 12.2. The van der Waals surface area contributed by atoms with Crippen LogP contribution >= 0.6 is 28.3 Å². The number of nitrogens with two attached hydrogens (primary N) is 1. The standard InChI is InChI=1S/C13H19BrN2O2S.ClH/c14-11-3-5-13(6-4-11)19(17,18)9-8-16-7-1-2-12(16)10-15;/h3-6,12H,1-2,7-10,15H2;1H. The third kappa shape index (κ3) is 4.43. The van der Waals surface area contributed by atoms with Crippen LogP contribution in [0.3, 0.4) is 0 Å². The first kappa shape index (κ1) is 17.9. The molecule has 1 aromatic carbocycles. The van der Waals surface area contributed by atoms with Crippen LogP contribution in [0, 0.1) is 0 Å². The molecule has 0 spiro atoms. The van der Waals surface area contributed by atoms with Crippen molar-refractivity contribution in [2.24, 2.45) is 5.73 Å². The quantitative estimate of drug-likeness (QED) is 0.845. The summed E-state index contributed by atoms with van der Waals surface area (Å²) in [5.74, 6) is 0.158. The van der Waals surface area contributed by atoms with Gasteiger partial charge in [-0.05, 0) is 43.7 Å². The van der Waals surface area contributed by atoms with Crippen molar-refractivity contribution in [3.63, 3.8) is 0 Å². The van der Waals surface area contributed by atoms with E-state index in [0.717, 1.165) is 23.9 Å². The number of hydrogen-bond acceptors (Lipinski definition) is 4. The molecule has 0 saturated carbocycles. The highest BCUT2D eigenvalue weighted by Crippen LogP contribution is 2.19. The maximum atomic E-state index is 12.2. The van der Waals surface area contributed by atoms with E-state index in [-0.39, 0.29) is 18.2 Å². The summed E-state index contributed by atoms with van der Waals surface area (Å²) in [6.07, 6.45) is 2.19. The third-order valence-corrected chi connectivity index (χ3v) is 5.83. The Kier molecular flexibility index (Phi) is 6.94. The van der Waals surface area contributed by atoms with Crippen LogP contribution in [0.4, 0.5) is 0 Å². The van der Waals surface area contributed by atoms with Gasteiger partial charge in [0, 0.05) is 23.6 Å². The summed E-state index contributed by atoms with van der Waals surface area (Å²) in [5.41, 5.74) is 5.69. The maximum Gasteiger partial charge on any atom is 0.179 e. The Balaban J connectivity index is 0.00000200. The van der Waals surface area contributed by atoms with Gasteiger partial charge in [0.1, 0.15) is 0 Å². The zero-order chi connectivity index (χ0) is 13.9. The van der Waals surface area contributed by atoms with Gasteiger partial charge in [0.05, 0.1) is 10.6 Å². The second-order valence-electron chi connectivity index (χ2n) is 4.84. The fraction of sp³-hybridized carbons (Fsp3) is 0.538. The van der Waals surface area contributed by atoms with Crippen LogP contribution in [0.5, 0.6) is 0 Å². The van der Waals surface area contributed by atoms with E-state index >= 15 is 0 Å². The smallest absolute Gasteiger partial charge is 0.179 e. The summed E-state index contributed by atoms with van der Waals surface area (Å²) < 4.78 is 25.3. The molecule has 0 radical (unpaired) electrons. The number of sulfone groups is 1. The van der Waals surface area contributed by atoms with Crippen LogP contribution in [0.25, 0.3) is 0 Å². The highest BCUT2D eigenvalue weighted by Gasteiger charge is 2.25. The predicted molar refractivity (Wildman–Crippen MR) is 87.1 cm³/mol. The van der Waals surface area contributed by atoms with Crippen molar-refractivity contribution in [2.45, 2.75) is 23.8 Å². The highest BCUT2D eigenvalue weighted by atomic mass is 79.9. The molecule has 0 amide bonds. The Morgan fingerprint density at radius 3 is 2.55 bits per heavy atom. The van der Waals surface area contributed by atoms with Crippen molar-refractivity contribution in [3.8, 4) is 0 Å². The molecule has 1 aromatic rings. The first-order valence-corrected chi connectivity index (χ1v) is 8.90. The number of benzene rings is 1. The van der Waals surface area contributed by atoms with E-state index in [1.165, 1.54) is 0 Å². The van der Waals surface area contributed by atoms with Gasteiger partial charge in [-0.15, -0.1) is 12.4 Å². The first-order valence-electron chi connectivity index (χ1n) is 6.45. The molecule has 0 aliphatic carbocycles. The Bertz CT molecular complexity index is 522. The van der Waals surface area contributed by atoms with Gasteiger partial charge >= 0.3 is 0 Å². The molecule has 4 nitrogen and oxygen atoms in total. The normalized spacial score (nSPS) is 19.8. The summed E-state index contributed by atoms with van der Waals surface area (Å²) >= 11 is 3.31. The van der Waals surface area contributed by atoms with Gasteiger partial charge in [-0.3, -0.25) is 4.90 Å². The average Bonchev–Trinajstić information content (AvgIpc) is 2.84. The molecule has 1 aliphatic heterocycles. The Labute approximate surface area is 135 Å². The molecule has 1 heterocycles.